The van der Waals surface area contributed by atoms with Gasteiger partial charge in [0, 0.05) is 5.92 Å². The number of carbonyl (C=O) groups is 1. The highest BCUT2D eigenvalue weighted by Crippen LogP contribution is 2.39. The molecule has 3 nitrogen and oxygen atoms in total. The molecule has 0 spiro atoms. The molecule has 1 heterocycles. The molecule has 2 rings (SSSR count). The number of rotatable bonds is 1. The highest BCUT2D eigenvalue weighted by atomic mass is 16.7. The van der Waals surface area contributed by atoms with Gasteiger partial charge in [0.1, 0.15) is 0 Å². The summed E-state index contributed by atoms with van der Waals surface area (Å²) in [7, 11) is -0.373. The Balaban J connectivity index is 2.18. The van der Waals surface area contributed by atoms with Crippen LogP contribution in [0, 0.1) is 5.92 Å². The maximum absolute atomic E-state index is 11.8. The highest BCUT2D eigenvalue weighted by Gasteiger charge is 2.52. The summed E-state index contributed by atoms with van der Waals surface area (Å²) < 4.78 is 12.0. The average molecular weight is 262 g/mol. The minimum Gasteiger partial charge on any atom is -0.399 e. The van der Waals surface area contributed by atoms with E-state index in [9.17, 15) is 4.79 Å². The van der Waals surface area contributed by atoms with Crippen LogP contribution in [0.15, 0.2) is 23.7 Å². The predicted molar refractivity (Wildman–Crippen MR) is 76.7 cm³/mol. The molecule has 19 heavy (non-hydrogen) atoms. The van der Waals surface area contributed by atoms with Gasteiger partial charge in [-0.3, -0.25) is 4.79 Å². The molecule has 1 aliphatic carbocycles. The maximum Gasteiger partial charge on any atom is 0.494 e. The van der Waals surface area contributed by atoms with Gasteiger partial charge < -0.3 is 9.31 Å². The molecule has 1 unspecified atom stereocenters. The van der Waals surface area contributed by atoms with Gasteiger partial charge in [-0.1, -0.05) is 19.1 Å². The van der Waals surface area contributed by atoms with Crippen molar-refractivity contribution in [1.29, 1.82) is 0 Å². The van der Waals surface area contributed by atoms with Gasteiger partial charge >= 0.3 is 7.12 Å². The summed E-state index contributed by atoms with van der Waals surface area (Å²) in [6.07, 6.45) is 7.39. The fourth-order valence-electron chi connectivity index (χ4n) is 2.21. The first-order valence-electron chi connectivity index (χ1n) is 7.00. The SMILES string of the molecule is CC1CC/C=C(B2OC(C)(C)C(C)(C)O2)\C=C/C1=O. The minimum atomic E-state index is -0.373. The van der Waals surface area contributed by atoms with Crippen molar-refractivity contribution >= 4 is 12.9 Å². The third-order valence-electron chi connectivity index (χ3n) is 4.43. The molecule has 1 aliphatic heterocycles. The van der Waals surface area contributed by atoms with Gasteiger partial charge in [-0.05, 0) is 52.1 Å². The maximum atomic E-state index is 11.8. The summed E-state index contributed by atoms with van der Waals surface area (Å²) in [6.45, 7) is 10.1. The van der Waals surface area contributed by atoms with Gasteiger partial charge in [-0.2, -0.15) is 0 Å². The van der Waals surface area contributed by atoms with E-state index >= 15 is 0 Å². The van der Waals surface area contributed by atoms with E-state index in [-0.39, 0.29) is 30.0 Å². The van der Waals surface area contributed by atoms with E-state index in [0.717, 1.165) is 18.3 Å². The molecule has 1 saturated heterocycles. The first-order valence-corrected chi connectivity index (χ1v) is 7.00. The Kier molecular flexibility index (Phi) is 3.76. The van der Waals surface area contributed by atoms with Gasteiger partial charge in [0.05, 0.1) is 11.2 Å². The van der Waals surface area contributed by atoms with Gasteiger partial charge in [0.2, 0.25) is 0 Å². The lowest BCUT2D eigenvalue weighted by Crippen LogP contribution is -2.41. The molecule has 0 amide bonds. The van der Waals surface area contributed by atoms with Gasteiger partial charge in [-0.15, -0.1) is 0 Å². The Morgan fingerprint density at radius 1 is 1.16 bits per heavy atom. The van der Waals surface area contributed by atoms with Gasteiger partial charge in [0.15, 0.2) is 5.78 Å². The summed E-state index contributed by atoms with van der Waals surface area (Å²) in [4.78, 5) is 11.8. The average Bonchev–Trinajstić information content (AvgIpc) is 2.49. The fraction of sp³-hybridized carbons (Fsp3) is 0.667. The quantitative estimate of drug-likeness (QED) is 0.681. The molecule has 2 aliphatic rings. The zero-order valence-corrected chi connectivity index (χ0v) is 12.5. The summed E-state index contributed by atoms with van der Waals surface area (Å²) in [6, 6.07) is 0. The van der Waals surface area contributed by atoms with Gasteiger partial charge in [-0.25, -0.2) is 0 Å². The second-order valence-electron chi connectivity index (χ2n) is 6.51. The standard InChI is InChI=1S/C15H23BO3/c1-11-7-6-8-12(9-10-13(11)17)16-18-14(2,3)15(4,5)19-16/h8-11H,6-7H2,1-5H3/b10-9-,12-8+. The highest BCUT2D eigenvalue weighted by molar-refractivity contribution is 6.55. The monoisotopic (exact) mass is 262 g/mol. The molecule has 0 radical (unpaired) electrons. The first-order chi connectivity index (χ1) is 8.73. The normalized spacial score (nSPS) is 34.4. The van der Waals surface area contributed by atoms with Crippen molar-refractivity contribution in [2.45, 2.75) is 58.7 Å². The Morgan fingerprint density at radius 2 is 1.74 bits per heavy atom. The second kappa shape index (κ2) is 4.91. The van der Waals surface area contributed by atoms with Crippen molar-refractivity contribution in [3.63, 3.8) is 0 Å². The van der Waals surface area contributed by atoms with E-state index in [2.05, 4.69) is 6.08 Å². The van der Waals surface area contributed by atoms with E-state index in [1.165, 1.54) is 0 Å². The zero-order chi connectivity index (χ0) is 14.3. The number of hydrogen-bond donors (Lipinski definition) is 0. The van der Waals surface area contributed by atoms with Crippen molar-refractivity contribution in [1.82, 2.24) is 0 Å². The summed E-state index contributed by atoms with van der Waals surface area (Å²) in [5.74, 6) is 0.287. The molecule has 4 heteroatoms. The van der Waals surface area contributed by atoms with E-state index < -0.39 is 0 Å². The summed E-state index contributed by atoms with van der Waals surface area (Å²) in [5, 5.41) is 0. The van der Waals surface area contributed by atoms with E-state index in [1.807, 2.05) is 40.7 Å². The fourth-order valence-corrected chi connectivity index (χ4v) is 2.21. The van der Waals surface area contributed by atoms with Crippen LogP contribution in [0.25, 0.3) is 0 Å². The van der Waals surface area contributed by atoms with Crippen LogP contribution in [0.5, 0.6) is 0 Å². The molecular formula is C15H23BO3. The molecular weight excluding hydrogens is 239 g/mol. The lowest BCUT2D eigenvalue weighted by Gasteiger charge is -2.32. The van der Waals surface area contributed by atoms with Crippen LogP contribution >= 0.6 is 0 Å². The molecule has 0 N–H and O–H groups in total. The third-order valence-corrected chi connectivity index (χ3v) is 4.43. The topological polar surface area (TPSA) is 35.5 Å². The Bertz CT molecular complexity index is 419. The van der Waals surface area contributed by atoms with Crippen molar-refractivity contribution in [3.8, 4) is 0 Å². The largest absolute Gasteiger partial charge is 0.494 e. The lowest BCUT2D eigenvalue weighted by atomic mass is 9.76. The van der Waals surface area contributed by atoms with Crippen molar-refractivity contribution in [2.24, 2.45) is 5.92 Å². The Hall–Kier alpha value is -0.865. The molecule has 0 aromatic heterocycles. The number of hydrogen-bond acceptors (Lipinski definition) is 3. The van der Waals surface area contributed by atoms with E-state index in [0.29, 0.717) is 0 Å². The second-order valence-corrected chi connectivity index (χ2v) is 6.51. The number of allylic oxidation sites excluding steroid dienone is 4. The van der Waals surface area contributed by atoms with Crippen LogP contribution in [0.1, 0.15) is 47.5 Å². The van der Waals surface area contributed by atoms with Crippen LogP contribution in [-0.2, 0) is 14.1 Å². The third kappa shape index (κ3) is 2.85. The minimum absolute atomic E-state index is 0.104. The molecule has 1 atom stereocenters. The molecule has 104 valence electrons. The molecule has 0 aromatic carbocycles. The molecule has 0 saturated carbocycles. The summed E-state index contributed by atoms with van der Waals surface area (Å²) >= 11 is 0. The predicted octanol–water partition coefficient (Wildman–Crippen LogP) is 3.10. The number of ketones is 1. The Labute approximate surface area is 116 Å². The Morgan fingerprint density at radius 3 is 2.32 bits per heavy atom. The van der Waals surface area contributed by atoms with Crippen LogP contribution < -0.4 is 0 Å². The lowest BCUT2D eigenvalue weighted by molar-refractivity contribution is -0.117. The summed E-state index contributed by atoms with van der Waals surface area (Å²) in [5.41, 5.74) is 0.275. The van der Waals surface area contributed by atoms with Gasteiger partial charge in [0.25, 0.3) is 0 Å². The van der Waals surface area contributed by atoms with Crippen LogP contribution in [-0.4, -0.2) is 24.1 Å². The number of carbonyl (C=O) groups excluding carboxylic acids is 1. The van der Waals surface area contributed by atoms with Crippen LogP contribution in [0.2, 0.25) is 0 Å². The first kappa shape index (κ1) is 14.5. The van der Waals surface area contributed by atoms with Crippen LogP contribution in [0.3, 0.4) is 0 Å². The van der Waals surface area contributed by atoms with Crippen LogP contribution in [0.4, 0.5) is 0 Å². The van der Waals surface area contributed by atoms with Crippen molar-refractivity contribution in [3.05, 3.63) is 23.7 Å². The molecule has 1 fully saturated rings. The van der Waals surface area contributed by atoms with E-state index in [4.69, 9.17) is 9.31 Å². The van der Waals surface area contributed by atoms with Crippen molar-refractivity contribution < 1.29 is 14.1 Å². The zero-order valence-electron chi connectivity index (χ0n) is 12.5. The smallest absolute Gasteiger partial charge is 0.399 e. The van der Waals surface area contributed by atoms with E-state index in [1.54, 1.807) is 6.08 Å². The molecule has 0 bridgehead atoms. The molecule has 0 aromatic rings. The van der Waals surface area contributed by atoms with Crippen molar-refractivity contribution in [2.75, 3.05) is 0 Å².